The smallest absolute Gasteiger partial charge is 0.232 e. The number of nitrogens with zero attached hydrogens (tertiary/aromatic N) is 5. The highest BCUT2D eigenvalue weighted by atomic mass is 32.2. The van der Waals surface area contributed by atoms with Gasteiger partial charge >= 0.3 is 0 Å². The molecule has 0 spiro atoms. The molecule has 1 heterocycles. The van der Waals surface area contributed by atoms with Crippen molar-refractivity contribution in [3.05, 3.63) is 29.8 Å². The highest BCUT2D eigenvalue weighted by molar-refractivity contribution is 7.99. The molecule has 128 valence electrons. The van der Waals surface area contributed by atoms with Gasteiger partial charge in [-0.25, -0.2) is 4.68 Å². The Bertz CT molecular complexity index is 701. The van der Waals surface area contributed by atoms with E-state index in [1.165, 1.54) is 11.8 Å². The Kier molecular flexibility index (Phi) is 5.34. The molecule has 2 aromatic rings. The molecule has 0 saturated heterocycles. The van der Waals surface area contributed by atoms with Crippen LogP contribution in [0.2, 0.25) is 0 Å². The van der Waals surface area contributed by atoms with Crippen LogP contribution in [0.25, 0.3) is 0 Å². The number of aryl methyl sites for hydroxylation is 1. The molecule has 0 unspecified atom stereocenters. The second-order valence-corrected chi connectivity index (χ2v) is 6.85. The van der Waals surface area contributed by atoms with E-state index in [0.29, 0.717) is 24.9 Å². The van der Waals surface area contributed by atoms with Gasteiger partial charge in [-0.3, -0.25) is 4.79 Å². The van der Waals surface area contributed by atoms with E-state index in [-0.39, 0.29) is 5.91 Å². The number of hydrogen-bond acceptors (Lipinski definition) is 6. The summed E-state index contributed by atoms with van der Waals surface area (Å²) >= 11 is 1.39. The van der Waals surface area contributed by atoms with Crippen molar-refractivity contribution in [2.75, 3.05) is 26.0 Å². The van der Waals surface area contributed by atoms with Gasteiger partial charge in [0.1, 0.15) is 12.4 Å². The molecule has 1 aromatic heterocycles. The number of rotatable bonds is 8. The lowest BCUT2D eigenvalue weighted by atomic mass is 10.2. The zero-order valence-electron chi connectivity index (χ0n) is 13.9. The standard InChI is InChI=1S/C16H21N5O2S/c1-12-4-3-5-14(10-12)23-9-8-20(2)15(22)11-24-16-17-18-19-21(16)13-6-7-13/h3-5,10,13H,6-9,11H2,1-2H3. The maximum atomic E-state index is 12.2. The van der Waals surface area contributed by atoms with Crippen molar-refractivity contribution >= 4 is 17.7 Å². The molecule has 3 rings (SSSR count). The summed E-state index contributed by atoms with van der Waals surface area (Å²) in [5, 5.41) is 12.4. The van der Waals surface area contributed by atoms with Crippen LogP contribution in [0, 0.1) is 6.92 Å². The van der Waals surface area contributed by atoms with E-state index in [0.717, 1.165) is 29.3 Å². The van der Waals surface area contributed by atoms with Gasteiger partial charge in [-0.1, -0.05) is 23.9 Å². The summed E-state index contributed by atoms with van der Waals surface area (Å²) in [6.07, 6.45) is 2.23. The zero-order valence-corrected chi connectivity index (χ0v) is 14.7. The Balaban J connectivity index is 1.40. The molecule has 8 heteroatoms. The maximum absolute atomic E-state index is 12.2. The fourth-order valence-corrected chi connectivity index (χ4v) is 3.08. The van der Waals surface area contributed by atoms with Gasteiger partial charge in [0.05, 0.1) is 18.3 Å². The first-order chi connectivity index (χ1) is 11.6. The lowest BCUT2D eigenvalue weighted by molar-refractivity contribution is -0.127. The van der Waals surface area contributed by atoms with E-state index >= 15 is 0 Å². The van der Waals surface area contributed by atoms with Crippen molar-refractivity contribution in [3.63, 3.8) is 0 Å². The third-order valence-corrected chi connectivity index (χ3v) is 4.71. The first-order valence-corrected chi connectivity index (χ1v) is 8.96. The van der Waals surface area contributed by atoms with Crippen molar-refractivity contribution in [2.24, 2.45) is 0 Å². The quantitative estimate of drug-likeness (QED) is 0.680. The third kappa shape index (κ3) is 4.47. The Morgan fingerprint density at radius 3 is 3.04 bits per heavy atom. The summed E-state index contributed by atoms with van der Waals surface area (Å²) in [5.74, 6) is 1.20. The second-order valence-electron chi connectivity index (χ2n) is 5.91. The van der Waals surface area contributed by atoms with Crippen LogP contribution in [0.5, 0.6) is 5.75 Å². The minimum Gasteiger partial charge on any atom is -0.492 e. The van der Waals surface area contributed by atoms with E-state index in [2.05, 4.69) is 15.5 Å². The van der Waals surface area contributed by atoms with Crippen molar-refractivity contribution in [1.82, 2.24) is 25.1 Å². The Morgan fingerprint density at radius 2 is 2.29 bits per heavy atom. The average Bonchev–Trinajstić information content (AvgIpc) is 3.31. The molecule has 1 aliphatic rings. The third-order valence-electron chi connectivity index (χ3n) is 3.79. The summed E-state index contributed by atoms with van der Waals surface area (Å²) < 4.78 is 7.50. The van der Waals surface area contributed by atoms with E-state index in [4.69, 9.17) is 4.74 Å². The minimum atomic E-state index is 0.0400. The zero-order chi connectivity index (χ0) is 16.9. The number of thioether (sulfide) groups is 1. The molecule has 0 aliphatic heterocycles. The number of hydrogen-bond donors (Lipinski definition) is 0. The second kappa shape index (κ2) is 7.65. The number of carbonyl (C=O) groups excluding carboxylic acids is 1. The van der Waals surface area contributed by atoms with Gasteiger partial charge in [0.25, 0.3) is 0 Å². The summed E-state index contributed by atoms with van der Waals surface area (Å²) in [7, 11) is 1.78. The van der Waals surface area contributed by atoms with Crippen LogP contribution < -0.4 is 4.74 Å². The largest absolute Gasteiger partial charge is 0.492 e. The van der Waals surface area contributed by atoms with Crippen LogP contribution in [0.15, 0.2) is 29.4 Å². The lowest BCUT2D eigenvalue weighted by Crippen LogP contribution is -2.32. The SMILES string of the molecule is Cc1cccc(OCCN(C)C(=O)CSc2nnnn2C2CC2)c1. The summed E-state index contributed by atoms with van der Waals surface area (Å²) in [4.78, 5) is 13.9. The van der Waals surface area contributed by atoms with Crippen LogP contribution in [0.1, 0.15) is 24.4 Å². The maximum Gasteiger partial charge on any atom is 0.232 e. The molecule has 1 aromatic carbocycles. The molecule has 0 radical (unpaired) electrons. The van der Waals surface area contributed by atoms with Crippen LogP contribution in [0.4, 0.5) is 0 Å². The number of carbonyl (C=O) groups is 1. The van der Waals surface area contributed by atoms with Crippen molar-refractivity contribution in [3.8, 4) is 5.75 Å². The van der Waals surface area contributed by atoms with E-state index in [9.17, 15) is 4.79 Å². The van der Waals surface area contributed by atoms with Gasteiger partial charge in [-0.15, -0.1) is 5.10 Å². The summed E-state index contributed by atoms with van der Waals surface area (Å²) in [6, 6.07) is 8.30. The highest BCUT2D eigenvalue weighted by Gasteiger charge is 2.28. The van der Waals surface area contributed by atoms with Crippen LogP contribution in [0.3, 0.4) is 0 Å². The average molecular weight is 347 g/mol. The van der Waals surface area contributed by atoms with Gasteiger partial charge in [0.15, 0.2) is 0 Å². The Morgan fingerprint density at radius 1 is 1.46 bits per heavy atom. The van der Waals surface area contributed by atoms with Gasteiger partial charge in [-0.05, 0) is 47.9 Å². The number of benzene rings is 1. The van der Waals surface area contributed by atoms with Crippen molar-refractivity contribution < 1.29 is 9.53 Å². The Labute approximate surface area is 145 Å². The first kappa shape index (κ1) is 16.8. The first-order valence-electron chi connectivity index (χ1n) is 7.97. The summed E-state index contributed by atoms with van der Waals surface area (Å²) in [5.41, 5.74) is 1.15. The molecule has 1 aliphatic carbocycles. The molecule has 0 bridgehead atoms. The molecule has 0 atom stereocenters. The van der Waals surface area contributed by atoms with Crippen LogP contribution >= 0.6 is 11.8 Å². The monoisotopic (exact) mass is 347 g/mol. The normalized spacial score (nSPS) is 13.8. The lowest BCUT2D eigenvalue weighted by Gasteiger charge is -2.17. The van der Waals surface area contributed by atoms with Gasteiger partial charge < -0.3 is 9.64 Å². The molecular formula is C16H21N5O2S. The van der Waals surface area contributed by atoms with Crippen molar-refractivity contribution in [2.45, 2.75) is 31.0 Å². The Hall–Kier alpha value is -2.09. The number of ether oxygens (including phenoxy) is 1. The van der Waals surface area contributed by atoms with E-state index in [1.807, 2.05) is 35.9 Å². The molecule has 1 fully saturated rings. The van der Waals surface area contributed by atoms with Gasteiger partial charge in [0.2, 0.25) is 11.1 Å². The fraction of sp³-hybridized carbons (Fsp3) is 0.500. The number of amides is 1. The topological polar surface area (TPSA) is 73.1 Å². The number of aromatic nitrogens is 4. The molecule has 7 nitrogen and oxygen atoms in total. The molecule has 24 heavy (non-hydrogen) atoms. The molecule has 1 saturated carbocycles. The highest BCUT2D eigenvalue weighted by Crippen LogP contribution is 2.36. The molecule has 0 N–H and O–H groups in total. The predicted molar refractivity (Wildman–Crippen MR) is 91.1 cm³/mol. The number of tetrazole rings is 1. The predicted octanol–water partition coefficient (Wildman–Crippen LogP) is 1.95. The summed E-state index contributed by atoms with van der Waals surface area (Å²) in [6.45, 7) is 3.03. The fourth-order valence-electron chi connectivity index (χ4n) is 2.20. The van der Waals surface area contributed by atoms with E-state index < -0.39 is 0 Å². The molecular weight excluding hydrogens is 326 g/mol. The van der Waals surface area contributed by atoms with Gasteiger partial charge in [0, 0.05) is 7.05 Å². The van der Waals surface area contributed by atoms with Gasteiger partial charge in [-0.2, -0.15) is 0 Å². The van der Waals surface area contributed by atoms with Crippen LogP contribution in [-0.2, 0) is 4.79 Å². The van der Waals surface area contributed by atoms with Crippen LogP contribution in [-0.4, -0.2) is 57.0 Å². The molecule has 1 amide bonds. The minimum absolute atomic E-state index is 0.0400. The van der Waals surface area contributed by atoms with E-state index in [1.54, 1.807) is 11.9 Å². The number of likely N-dealkylation sites (N-methyl/N-ethyl adjacent to an activating group) is 1. The van der Waals surface area contributed by atoms with Crippen molar-refractivity contribution in [1.29, 1.82) is 0 Å².